The van der Waals surface area contributed by atoms with Gasteiger partial charge in [-0.15, -0.1) is 0 Å². The molecular weight excluding hydrogens is 356 g/mol. The van der Waals surface area contributed by atoms with E-state index in [4.69, 9.17) is 9.47 Å². The molecule has 0 aromatic heterocycles. The molecule has 28 heavy (non-hydrogen) atoms. The molecule has 0 saturated carbocycles. The second kappa shape index (κ2) is 9.78. The number of carbonyl (C=O) groups is 2. The Labute approximate surface area is 166 Å². The van der Waals surface area contributed by atoms with Gasteiger partial charge in [-0.1, -0.05) is 48.5 Å². The van der Waals surface area contributed by atoms with E-state index in [2.05, 4.69) is 10.6 Å². The first-order valence-electron chi connectivity index (χ1n) is 9.21. The second-order valence-electron chi connectivity index (χ2n) is 7.42. The van der Waals surface area contributed by atoms with E-state index in [-0.39, 0.29) is 5.91 Å². The van der Waals surface area contributed by atoms with Crippen LogP contribution in [0, 0.1) is 0 Å². The molecule has 150 valence electrons. The maximum Gasteiger partial charge on any atom is 0.408 e. The minimum absolute atomic E-state index is 0.291. The third-order valence-electron chi connectivity index (χ3n) is 3.94. The molecule has 0 spiro atoms. The molecule has 2 aromatic carbocycles. The third-order valence-corrected chi connectivity index (χ3v) is 3.94. The zero-order chi connectivity index (χ0) is 20.6. The number of hydrogen-bond donors (Lipinski definition) is 2. The maximum atomic E-state index is 12.8. The van der Waals surface area contributed by atoms with Crippen molar-refractivity contribution in [2.45, 2.75) is 45.4 Å². The standard InChI is InChI=1S/C22H28N2O4/c1-22(2,3)28-21(26)24-18(14-16-10-6-5-7-11-16)20(25)23-15-17-12-8-9-13-19(17)27-4/h5-13,18H,14-15H2,1-4H3,(H,23,25)(H,24,26). The fraction of sp³-hybridized carbons (Fsp3) is 0.364. The Balaban J connectivity index is 2.08. The van der Waals surface area contributed by atoms with E-state index in [0.29, 0.717) is 18.7 Å². The minimum atomic E-state index is -0.757. The van der Waals surface area contributed by atoms with Crippen LogP contribution >= 0.6 is 0 Å². The van der Waals surface area contributed by atoms with Gasteiger partial charge in [0.05, 0.1) is 7.11 Å². The molecule has 0 heterocycles. The first kappa shape index (κ1) is 21.3. The van der Waals surface area contributed by atoms with E-state index in [9.17, 15) is 9.59 Å². The SMILES string of the molecule is COc1ccccc1CNC(=O)C(Cc1ccccc1)NC(=O)OC(C)(C)C. The van der Waals surface area contributed by atoms with Crippen molar-refractivity contribution in [3.8, 4) is 5.75 Å². The van der Waals surface area contributed by atoms with Crippen LogP contribution in [0.4, 0.5) is 4.79 Å². The highest BCUT2D eigenvalue weighted by molar-refractivity contribution is 5.86. The lowest BCUT2D eigenvalue weighted by Crippen LogP contribution is -2.49. The summed E-state index contributed by atoms with van der Waals surface area (Å²) in [5, 5.41) is 5.56. The number of nitrogens with one attached hydrogen (secondary N) is 2. The van der Waals surface area contributed by atoms with Gasteiger partial charge >= 0.3 is 6.09 Å². The van der Waals surface area contributed by atoms with Crippen LogP contribution in [-0.4, -0.2) is 30.8 Å². The van der Waals surface area contributed by atoms with Crippen LogP contribution in [0.3, 0.4) is 0 Å². The van der Waals surface area contributed by atoms with Crippen molar-refractivity contribution >= 4 is 12.0 Å². The van der Waals surface area contributed by atoms with Crippen LogP contribution in [0.2, 0.25) is 0 Å². The number of amides is 2. The topological polar surface area (TPSA) is 76.7 Å². The van der Waals surface area contributed by atoms with Crippen LogP contribution in [0.1, 0.15) is 31.9 Å². The highest BCUT2D eigenvalue weighted by Crippen LogP contribution is 2.17. The van der Waals surface area contributed by atoms with Gasteiger partial charge in [0, 0.05) is 18.5 Å². The van der Waals surface area contributed by atoms with E-state index < -0.39 is 17.7 Å². The molecule has 1 atom stereocenters. The van der Waals surface area contributed by atoms with Gasteiger partial charge in [0.1, 0.15) is 17.4 Å². The molecule has 0 bridgehead atoms. The molecule has 6 nitrogen and oxygen atoms in total. The summed E-state index contributed by atoms with van der Waals surface area (Å²) in [6, 6.07) is 16.2. The normalized spacial score (nSPS) is 12.0. The summed E-state index contributed by atoms with van der Waals surface area (Å²) in [4.78, 5) is 25.0. The summed E-state index contributed by atoms with van der Waals surface area (Å²) in [6.07, 6.45) is -0.265. The average molecular weight is 384 g/mol. The molecule has 2 rings (SSSR count). The minimum Gasteiger partial charge on any atom is -0.496 e. The molecule has 2 aromatic rings. The first-order chi connectivity index (χ1) is 13.3. The summed E-state index contributed by atoms with van der Waals surface area (Å²) in [5.74, 6) is 0.406. The van der Waals surface area contributed by atoms with E-state index in [1.54, 1.807) is 27.9 Å². The summed E-state index contributed by atoms with van der Waals surface area (Å²) < 4.78 is 10.6. The van der Waals surface area contributed by atoms with Crippen LogP contribution < -0.4 is 15.4 Å². The largest absolute Gasteiger partial charge is 0.496 e. The van der Waals surface area contributed by atoms with E-state index >= 15 is 0 Å². The highest BCUT2D eigenvalue weighted by atomic mass is 16.6. The lowest BCUT2D eigenvalue weighted by atomic mass is 10.1. The molecule has 0 fully saturated rings. The van der Waals surface area contributed by atoms with Crippen LogP contribution in [0.5, 0.6) is 5.75 Å². The molecule has 0 aliphatic heterocycles. The first-order valence-corrected chi connectivity index (χ1v) is 9.21. The Kier molecular flexibility index (Phi) is 7.44. The van der Waals surface area contributed by atoms with Crippen molar-refractivity contribution < 1.29 is 19.1 Å². The van der Waals surface area contributed by atoms with Crippen molar-refractivity contribution in [3.63, 3.8) is 0 Å². The molecule has 1 unspecified atom stereocenters. The van der Waals surface area contributed by atoms with Crippen molar-refractivity contribution in [1.82, 2.24) is 10.6 Å². The summed E-state index contributed by atoms with van der Waals surface area (Å²) >= 11 is 0. The van der Waals surface area contributed by atoms with Gasteiger partial charge in [0.15, 0.2) is 0 Å². The zero-order valence-electron chi connectivity index (χ0n) is 16.8. The van der Waals surface area contributed by atoms with Crippen molar-refractivity contribution in [1.29, 1.82) is 0 Å². The van der Waals surface area contributed by atoms with E-state index in [1.165, 1.54) is 0 Å². The summed E-state index contributed by atoms with van der Waals surface area (Å²) in [6.45, 7) is 5.63. The number of alkyl carbamates (subject to hydrolysis) is 1. The Bertz CT molecular complexity index is 785. The van der Waals surface area contributed by atoms with E-state index in [0.717, 1.165) is 11.1 Å². The number of benzene rings is 2. The number of hydrogen-bond acceptors (Lipinski definition) is 4. The Morgan fingerprint density at radius 3 is 2.29 bits per heavy atom. The summed E-state index contributed by atoms with van der Waals surface area (Å²) in [7, 11) is 1.59. The molecule has 2 amide bonds. The summed E-state index contributed by atoms with van der Waals surface area (Å²) in [5.41, 5.74) is 1.15. The van der Waals surface area contributed by atoms with Gasteiger partial charge in [-0.3, -0.25) is 4.79 Å². The molecular formula is C22H28N2O4. The Hall–Kier alpha value is -3.02. The number of rotatable bonds is 7. The molecule has 0 aliphatic rings. The zero-order valence-corrected chi connectivity index (χ0v) is 16.8. The van der Waals surface area contributed by atoms with Crippen LogP contribution in [0.25, 0.3) is 0 Å². The third kappa shape index (κ3) is 6.95. The van der Waals surface area contributed by atoms with Crippen LogP contribution in [-0.2, 0) is 22.5 Å². The smallest absolute Gasteiger partial charge is 0.408 e. The van der Waals surface area contributed by atoms with Crippen molar-refractivity contribution in [3.05, 3.63) is 65.7 Å². The van der Waals surface area contributed by atoms with Gasteiger partial charge in [0.25, 0.3) is 0 Å². The van der Waals surface area contributed by atoms with Crippen molar-refractivity contribution in [2.75, 3.05) is 7.11 Å². The number of para-hydroxylation sites is 1. The highest BCUT2D eigenvalue weighted by Gasteiger charge is 2.24. The van der Waals surface area contributed by atoms with Gasteiger partial charge < -0.3 is 20.1 Å². The van der Waals surface area contributed by atoms with Crippen LogP contribution in [0.15, 0.2) is 54.6 Å². The molecule has 6 heteroatoms. The fourth-order valence-corrected chi connectivity index (χ4v) is 2.66. The lowest BCUT2D eigenvalue weighted by Gasteiger charge is -2.23. The Morgan fingerprint density at radius 1 is 1.00 bits per heavy atom. The number of carbonyl (C=O) groups excluding carboxylic acids is 2. The van der Waals surface area contributed by atoms with E-state index in [1.807, 2.05) is 54.6 Å². The number of methoxy groups -OCH3 is 1. The quantitative estimate of drug-likeness (QED) is 0.767. The van der Waals surface area contributed by atoms with Crippen molar-refractivity contribution in [2.24, 2.45) is 0 Å². The maximum absolute atomic E-state index is 12.8. The van der Waals surface area contributed by atoms with Gasteiger partial charge in [0.2, 0.25) is 5.91 Å². The van der Waals surface area contributed by atoms with Gasteiger partial charge in [-0.05, 0) is 32.4 Å². The lowest BCUT2D eigenvalue weighted by molar-refractivity contribution is -0.123. The predicted molar refractivity (Wildman–Crippen MR) is 108 cm³/mol. The molecule has 0 aliphatic carbocycles. The van der Waals surface area contributed by atoms with Gasteiger partial charge in [-0.2, -0.15) is 0 Å². The number of ether oxygens (including phenoxy) is 2. The average Bonchev–Trinajstić information content (AvgIpc) is 2.65. The second-order valence-corrected chi connectivity index (χ2v) is 7.42. The monoisotopic (exact) mass is 384 g/mol. The fourth-order valence-electron chi connectivity index (χ4n) is 2.66. The Morgan fingerprint density at radius 2 is 1.64 bits per heavy atom. The molecule has 2 N–H and O–H groups in total. The predicted octanol–water partition coefficient (Wildman–Crippen LogP) is 3.45. The molecule has 0 saturated heterocycles. The van der Waals surface area contributed by atoms with Gasteiger partial charge in [-0.25, -0.2) is 4.79 Å². The molecule has 0 radical (unpaired) electrons.